The van der Waals surface area contributed by atoms with Crippen LogP contribution in [0.3, 0.4) is 0 Å². The lowest BCUT2D eigenvalue weighted by atomic mass is 10.0. The number of hydrogen-bond acceptors (Lipinski definition) is 2. The van der Waals surface area contributed by atoms with Crippen LogP contribution in [0.4, 0.5) is 0 Å². The van der Waals surface area contributed by atoms with Crippen molar-refractivity contribution < 1.29 is 8.83 Å². The normalized spacial score (nSPS) is 12.0. The average Bonchev–Trinajstić information content (AvgIpc) is 3.78. The van der Waals surface area contributed by atoms with Gasteiger partial charge in [-0.2, -0.15) is 0 Å². The Morgan fingerprint density at radius 3 is 1.73 bits per heavy atom. The summed E-state index contributed by atoms with van der Waals surface area (Å²) >= 11 is 0. The van der Waals surface area contributed by atoms with Gasteiger partial charge in [-0.1, -0.05) is 97.1 Å². The number of furan rings is 2. The molecule has 0 saturated heterocycles. The van der Waals surface area contributed by atoms with Gasteiger partial charge in [0.1, 0.15) is 16.7 Å². The molecule has 0 radical (unpaired) electrons. The molecule has 0 N–H and O–H groups in total. The highest BCUT2D eigenvalue weighted by Crippen LogP contribution is 2.41. The van der Waals surface area contributed by atoms with Crippen LogP contribution in [-0.4, -0.2) is 4.57 Å². The summed E-state index contributed by atoms with van der Waals surface area (Å²) in [6.07, 6.45) is 0. The summed E-state index contributed by atoms with van der Waals surface area (Å²) in [6, 6.07) is 53.7. The molecule has 10 rings (SSSR count). The molecule has 0 aliphatic carbocycles. The molecule has 3 aromatic heterocycles. The predicted octanol–water partition coefficient (Wildman–Crippen LogP) is 11.9. The lowest BCUT2D eigenvalue weighted by Crippen LogP contribution is -1.94. The fraction of sp³-hybridized carbons (Fsp3) is 0. The van der Waals surface area contributed by atoms with Gasteiger partial charge in [0.25, 0.3) is 0 Å². The zero-order valence-corrected chi connectivity index (χ0v) is 24.2. The monoisotopic (exact) mass is 575 g/mol. The molecule has 0 atom stereocenters. The number of fused-ring (bicyclic) bond motifs is 10. The van der Waals surface area contributed by atoms with Crippen LogP contribution in [0.1, 0.15) is 0 Å². The van der Waals surface area contributed by atoms with Gasteiger partial charge in [0.15, 0.2) is 5.58 Å². The second kappa shape index (κ2) is 9.22. The molecule has 0 aliphatic heterocycles. The molecule has 3 heterocycles. The molecular formula is C42H25NO2. The van der Waals surface area contributed by atoms with E-state index < -0.39 is 0 Å². The molecule has 210 valence electrons. The third-order valence-electron chi connectivity index (χ3n) is 9.21. The van der Waals surface area contributed by atoms with Gasteiger partial charge in [0, 0.05) is 38.0 Å². The third kappa shape index (κ3) is 3.58. The van der Waals surface area contributed by atoms with Gasteiger partial charge in [-0.25, -0.2) is 0 Å². The first-order chi connectivity index (χ1) is 22.3. The first-order valence-corrected chi connectivity index (χ1v) is 15.3. The Kier molecular flexibility index (Phi) is 5.00. The Labute approximate surface area is 258 Å². The fourth-order valence-corrected chi connectivity index (χ4v) is 7.07. The quantitative estimate of drug-likeness (QED) is 0.210. The van der Waals surface area contributed by atoms with E-state index in [2.05, 4.69) is 138 Å². The second-order valence-electron chi connectivity index (χ2n) is 11.7. The average molecular weight is 576 g/mol. The van der Waals surface area contributed by atoms with Gasteiger partial charge in [-0.15, -0.1) is 0 Å². The first kappa shape index (κ1) is 24.4. The van der Waals surface area contributed by atoms with Crippen LogP contribution in [0.2, 0.25) is 0 Å². The van der Waals surface area contributed by atoms with Crippen LogP contribution in [0.25, 0.3) is 93.6 Å². The molecule has 3 heteroatoms. The molecule has 7 aromatic carbocycles. The van der Waals surface area contributed by atoms with Crippen LogP contribution >= 0.6 is 0 Å². The summed E-state index contributed by atoms with van der Waals surface area (Å²) in [7, 11) is 0. The zero-order chi connectivity index (χ0) is 29.5. The third-order valence-corrected chi connectivity index (χ3v) is 9.21. The van der Waals surface area contributed by atoms with Crippen molar-refractivity contribution in [2.24, 2.45) is 0 Å². The van der Waals surface area contributed by atoms with E-state index in [0.29, 0.717) is 0 Å². The van der Waals surface area contributed by atoms with Crippen LogP contribution in [0, 0.1) is 0 Å². The van der Waals surface area contributed by atoms with Crippen LogP contribution < -0.4 is 0 Å². The highest BCUT2D eigenvalue weighted by molar-refractivity contribution is 6.22. The smallest absolute Gasteiger partial charge is 0.160 e. The van der Waals surface area contributed by atoms with Gasteiger partial charge in [0.05, 0.1) is 11.0 Å². The van der Waals surface area contributed by atoms with E-state index in [-0.39, 0.29) is 0 Å². The van der Waals surface area contributed by atoms with Gasteiger partial charge in [-0.3, -0.25) is 0 Å². The van der Waals surface area contributed by atoms with Gasteiger partial charge >= 0.3 is 0 Å². The standard InChI is InChI=1S/C42H25NO2/c1-2-8-26(9-3-1)28-16-22-37-35(24-28)33-20-21-34-31-10-4-7-13-39(31)45-42(34)41(33)43(37)30-18-14-27(15-19-30)29-17-23-40-36(25-29)32-11-5-6-12-38(32)44-40/h1-25H. The first-order valence-electron chi connectivity index (χ1n) is 15.3. The van der Waals surface area contributed by atoms with Crippen molar-refractivity contribution in [1.29, 1.82) is 0 Å². The minimum atomic E-state index is 0.902. The summed E-state index contributed by atoms with van der Waals surface area (Å²) in [5, 5.41) is 6.92. The van der Waals surface area contributed by atoms with Crippen molar-refractivity contribution in [3.05, 3.63) is 152 Å². The lowest BCUT2D eigenvalue weighted by molar-refractivity contribution is 0.669. The highest BCUT2D eigenvalue weighted by atomic mass is 16.3. The lowest BCUT2D eigenvalue weighted by Gasteiger charge is -2.10. The summed E-state index contributed by atoms with van der Waals surface area (Å²) in [5.74, 6) is 0. The molecule has 10 aromatic rings. The molecule has 0 bridgehead atoms. The van der Waals surface area contributed by atoms with Crippen LogP contribution in [-0.2, 0) is 0 Å². The molecule has 0 spiro atoms. The van der Waals surface area contributed by atoms with E-state index in [9.17, 15) is 0 Å². The van der Waals surface area contributed by atoms with Crippen LogP contribution in [0.5, 0.6) is 0 Å². The summed E-state index contributed by atoms with van der Waals surface area (Å²) in [5.41, 5.74) is 11.7. The number of rotatable bonds is 3. The Bertz CT molecular complexity index is 2740. The largest absolute Gasteiger partial charge is 0.456 e. The number of benzene rings is 7. The Morgan fingerprint density at radius 2 is 0.933 bits per heavy atom. The number of aromatic nitrogens is 1. The van der Waals surface area contributed by atoms with E-state index in [1.165, 1.54) is 21.9 Å². The molecule has 0 unspecified atom stereocenters. The van der Waals surface area contributed by atoms with E-state index in [1.54, 1.807) is 0 Å². The molecule has 0 saturated carbocycles. The van der Waals surface area contributed by atoms with E-state index in [1.807, 2.05) is 18.2 Å². The molecule has 0 aliphatic rings. The highest BCUT2D eigenvalue weighted by Gasteiger charge is 2.19. The Morgan fingerprint density at radius 1 is 0.356 bits per heavy atom. The van der Waals surface area contributed by atoms with Crippen molar-refractivity contribution in [3.8, 4) is 27.9 Å². The number of nitrogens with zero attached hydrogens (tertiary/aromatic N) is 1. The summed E-state index contributed by atoms with van der Waals surface area (Å²) < 4.78 is 15.0. The summed E-state index contributed by atoms with van der Waals surface area (Å²) in [6.45, 7) is 0. The van der Waals surface area contributed by atoms with Crippen molar-refractivity contribution in [3.63, 3.8) is 0 Å². The Hall–Kier alpha value is -6.06. The molecule has 0 fully saturated rings. The predicted molar refractivity (Wildman–Crippen MR) is 186 cm³/mol. The SMILES string of the molecule is c1ccc(-c2ccc3c(c2)c2ccc4c5ccccc5oc4c2n3-c2ccc(-c3ccc4oc5ccccc5c4c3)cc2)cc1. The molecular weight excluding hydrogens is 550 g/mol. The number of para-hydroxylation sites is 2. The van der Waals surface area contributed by atoms with Crippen molar-refractivity contribution >= 4 is 65.7 Å². The Balaban J connectivity index is 1.20. The van der Waals surface area contributed by atoms with Crippen molar-refractivity contribution in [2.75, 3.05) is 0 Å². The fourth-order valence-electron chi connectivity index (χ4n) is 7.07. The topological polar surface area (TPSA) is 31.2 Å². The molecule has 45 heavy (non-hydrogen) atoms. The van der Waals surface area contributed by atoms with Crippen molar-refractivity contribution in [1.82, 2.24) is 4.57 Å². The van der Waals surface area contributed by atoms with E-state index in [4.69, 9.17) is 8.83 Å². The van der Waals surface area contributed by atoms with Gasteiger partial charge < -0.3 is 13.4 Å². The summed E-state index contributed by atoms with van der Waals surface area (Å²) in [4.78, 5) is 0. The number of hydrogen-bond donors (Lipinski definition) is 0. The maximum atomic E-state index is 6.60. The van der Waals surface area contributed by atoms with Gasteiger partial charge in [0.2, 0.25) is 0 Å². The second-order valence-corrected chi connectivity index (χ2v) is 11.7. The maximum absolute atomic E-state index is 6.60. The van der Waals surface area contributed by atoms with Crippen LogP contribution in [0.15, 0.2) is 160 Å². The van der Waals surface area contributed by atoms with E-state index >= 15 is 0 Å². The molecule has 3 nitrogen and oxygen atoms in total. The maximum Gasteiger partial charge on any atom is 0.160 e. The zero-order valence-electron chi connectivity index (χ0n) is 24.2. The van der Waals surface area contributed by atoms with E-state index in [0.717, 1.165) is 71.7 Å². The minimum absolute atomic E-state index is 0.902. The molecule has 0 amide bonds. The van der Waals surface area contributed by atoms with Gasteiger partial charge in [-0.05, 0) is 76.9 Å². The minimum Gasteiger partial charge on any atom is -0.456 e. The van der Waals surface area contributed by atoms with Crippen molar-refractivity contribution in [2.45, 2.75) is 0 Å².